The molecule has 0 bridgehead atoms. The van der Waals surface area contributed by atoms with Crippen LogP contribution in [0.3, 0.4) is 0 Å². The average molecular weight is 324 g/mol. The molecular weight excluding hydrogens is 300 g/mol. The first-order chi connectivity index (χ1) is 10.3. The first kappa shape index (κ1) is 17.0. The molecule has 1 saturated heterocycles. The molecule has 2 rings (SSSR count). The van der Waals surface area contributed by atoms with Crippen LogP contribution in [0.5, 0.6) is 0 Å². The SMILES string of the molecule is Cc1cccc(NC(=O)CCC2CCN(S(C)(=O)=O)CC2)c1. The zero-order valence-corrected chi connectivity index (χ0v) is 14.0. The average Bonchev–Trinajstić information content (AvgIpc) is 2.45. The molecule has 5 nitrogen and oxygen atoms in total. The van der Waals surface area contributed by atoms with Gasteiger partial charge >= 0.3 is 0 Å². The number of piperidine rings is 1. The van der Waals surface area contributed by atoms with Crippen molar-refractivity contribution < 1.29 is 13.2 Å². The van der Waals surface area contributed by atoms with Crippen molar-refractivity contribution in [3.8, 4) is 0 Å². The summed E-state index contributed by atoms with van der Waals surface area (Å²) in [6.07, 6.45) is 4.23. The van der Waals surface area contributed by atoms with Crippen LogP contribution in [0.2, 0.25) is 0 Å². The number of benzene rings is 1. The van der Waals surface area contributed by atoms with Crippen LogP contribution in [-0.4, -0.2) is 38.0 Å². The van der Waals surface area contributed by atoms with Gasteiger partial charge in [-0.15, -0.1) is 0 Å². The highest BCUT2D eigenvalue weighted by Gasteiger charge is 2.24. The fourth-order valence-electron chi connectivity index (χ4n) is 2.81. The van der Waals surface area contributed by atoms with Gasteiger partial charge in [0.2, 0.25) is 15.9 Å². The van der Waals surface area contributed by atoms with Crippen molar-refractivity contribution in [3.63, 3.8) is 0 Å². The predicted octanol–water partition coefficient (Wildman–Crippen LogP) is 2.39. The summed E-state index contributed by atoms with van der Waals surface area (Å²) in [5.41, 5.74) is 1.95. The Morgan fingerprint density at radius 3 is 2.59 bits per heavy atom. The van der Waals surface area contributed by atoms with Gasteiger partial charge in [-0.3, -0.25) is 4.79 Å². The second kappa shape index (κ2) is 7.24. The maximum atomic E-state index is 12.0. The monoisotopic (exact) mass is 324 g/mol. The molecule has 1 aromatic rings. The van der Waals surface area contributed by atoms with Crippen LogP contribution in [0, 0.1) is 12.8 Å². The first-order valence-electron chi connectivity index (χ1n) is 7.66. The molecule has 0 spiro atoms. The number of hydrogen-bond donors (Lipinski definition) is 1. The van der Waals surface area contributed by atoms with Gasteiger partial charge in [0.15, 0.2) is 0 Å². The number of carbonyl (C=O) groups excluding carboxylic acids is 1. The van der Waals surface area contributed by atoms with Crippen molar-refractivity contribution in [1.29, 1.82) is 0 Å². The molecule has 22 heavy (non-hydrogen) atoms. The Bertz CT molecular complexity index is 620. The van der Waals surface area contributed by atoms with Crippen LogP contribution < -0.4 is 5.32 Å². The second-order valence-corrected chi connectivity index (χ2v) is 8.04. The van der Waals surface area contributed by atoms with Crippen LogP contribution in [0.1, 0.15) is 31.2 Å². The highest BCUT2D eigenvalue weighted by atomic mass is 32.2. The summed E-state index contributed by atoms with van der Waals surface area (Å²) in [7, 11) is -3.07. The Kier molecular flexibility index (Phi) is 5.58. The van der Waals surface area contributed by atoms with Crippen LogP contribution >= 0.6 is 0 Å². The van der Waals surface area contributed by atoms with Gasteiger partial charge in [0.1, 0.15) is 0 Å². The molecule has 0 unspecified atom stereocenters. The number of nitrogens with zero attached hydrogens (tertiary/aromatic N) is 1. The zero-order valence-electron chi connectivity index (χ0n) is 13.2. The minimum atomic E-state index is -3.07. The molecule has 1 amide bonds. The van der Waals surface area contributed by atoms with Gasteiger partial charge in [0, 0.05) is 25.2 Å². The topological polar surface area (TPSA) is 66.5 Å². The van der Waals surface area contributed by atoms with E-state index in [1.807, 2.05) is 31.2 Å². The van der Waals surface area contributed by atoms with Crippen LogP contribution in [0.25, 0.3) is 0 Å². The predicted molar refractivity (Wildman–Crippen MR) is 88.2 cm³/mol. The van der Waals surface area contributed by atoms with Crippen molar-refractivity contribution in [2.75, 3.05) is 24.7 Å². The summed E-state index contributed by atoms with van der Waals surface area (Å²) < 4.78 is 24.4. The number of hydrogen-bond acceptors (Lipinski definition) is 3. The van der Waals surface area contributed by atoms with E-state index < -0.39 is 10.0 Å². The van der Waals surface area contributed by atoms with Crippen molar-refractivity contribution in [1.82, 2.24) is 4.31 Å². The molecule has 6 heteroatoms. The van der Waals surface area contributed by atoms with Crippen molar-refractivity contribution in [2.45, 2.75) is 32.6 Å². The third-order valence-electron chi connectivity index (χ3n) is 4.12. The molecule has 1 N–H and O–H groups in total. The van der Waals surface area contributed by atoms with Gasteiger partial charge in [-0.2, -0.15) is 0 Å². The van der Waals surface area contributed by atoms with E-state index in [-0.39, 0.29) is 5.91 Å². The maximum absolute atomic E-state index is 12.0. The van der Waals surface area contributed by atoms with Crippen molar-refractivity contribution in [2.24, 2.45) is 5.92 Å². The minimum absolute atomic E-state index is 0.0242. The van der Waals surface area contributed by atoms with Gasteiger partial charge in [-0.05, 0) is 49.8 Å². The van der Waals surface area contributed by atoms with Gasteiger partial charge in [0.25, 0.3) is 0 Å². The number of nitrogens with one attached hydrogen (secondary N) is 1. The standard InChI is InChI=1S/C16H24N2O3S/c1-13-4-3-5-15(12-13)17-16(19)7-6-14-8-10-18(11-9-14)22(2,20)21/h3-5,12,14H,6-11H2,1-2H3,(H,17,19). The molecule has 1 aromatic carbocycles. The second-order valence-electron chi connectivity index (χ2n) is 6.06. The Morgan fingerprint density at radius 1 is 1.32 bits per heavy atom. The largest absolute Gasteiger partial charge is 0.326 e. The Morgan fingerprint density at radius 2 is 2.00 bits per heavy atom. The fraction of sp³-hybridized carbons (Fsp3) is 0.562. The summed E-state index contributed by atoms with van der Waals surface area (Å²) in [4.78, 5) is 12.0. The van der Waals surface area contributed by atoms with E-state index >= 15 is 0 Å². The normalized spacial score (nSPS) is 17.4. The molecule has 1 heterocycles. The molecule has 0 radical (unpaired) electrons. The molecule has 122 valence electrons. The van der Waals surface area contributed by atoms with E-state index in [1.165, 1.54) is 10.6 Å². The van der Waals surface area contributed by atoms with E-state index in [4.69, 9.17) is 0 Å². The van der Waals surface area contributed by atoms with Gasteiger partial charge in [0.05, 0.1) is 6.26 Å². The van der Waals surface area contributed by atoms with Gasteiger partial charge in [-0.1, -0.05) is 12.1 Å². The van der Waals surface area contributed by atoms with E-state index in [2.05, 4.69) is 5.32 Å². The quantitative estimate of drug-likeness (QED) is 0.904. The lowest BCUT2D eigenvalue weighted by atomic mass is 9.93. The van der Waals surface area contributed by atoms with E-state index in [0.29, 0.717) is 25.4 Å². The summed E-state index contributed by atoms with van der Waals surface area (Å²) >= 11 is 0. The first-order valence-corrected chi connectivity index (χ1v) is 9.51. The highest BCUT2D eigenvalue weighted by Crippen LogP contribution is 2.23. The number of amides is 1. The number of sulfonamides is 1. The van der Waals surface area contributed by atoms with Crippen molar-refractivity contribution in [3.05, 3.63) is 29.8 Å². The molecule has 1 aliphatic heterocycles. The third kappa shape index (κ3) is 5.10. The molecule has 1 fully saturated rings. The zero-order chi connectivity index (χ0) is 16.2. The Labute approximate surface area is 132 Å². The van der Waals surface area contributed by atoms with Gasteiger partial charge < -0.3 is 5.32 Å². The lowest BCUT2D eigenvalue weighted by Gasteiger charge is -2.30. The molecular formula is C16H24N2O3S. The number of anilines is 1. The molecule has 0 saturated carbocycles. The molecule has 0 aliphatic carbocycles. The minimum Gasteiger partial charge on any atom is -0.326 e. The van der Waals surface area contributed by atoms with Crippen LogP contribution in [0.15, 0.2) is 24.3 Å². The summed E-state index contributed by atoms with van der Waals surface area (Å²) in [6, 6.07) is 7.75. The molecule has 1 aliphatic rings. The Balaban J connectivity index is 1.74. The maximum Gasteiger partial charge on any atom is 0.224 e. The van der Waals surface area contributed by atoms with Crippen LogP contribution in [0.4, 0.5) is 5.69 Å². The third-order valence-corrected chi connectivity index (χ3v) is 5.43. The lowest BCUT2D eigenvalue weighted by Crippen LogP contribution is -2.37. The molecule has 0 atom stereocenters. The summed E-state index contributed by atoms with van der Waals surface area (Å²) in [5.74, 6) is 0.456. The van der Waals surface area contributed by atoms with E-state index in [9.17, 15) is 13.2 Å². The number of rotatable bonds is 5. The number of carbonyl (C=O) groups is 1. The molecule has 0 aromatic heterocycles. The van der Waals surface area contributed by atoms with E-state index in [0.717, 1.165) is 30.5 Å². The Hall–Kier alpha value is -1.40. The van der Waals surface area contributed by atoms with Gasteiger partial charge in [-0.25, -0.2) is 12.7 Å². The number of aryl methyl sites for hydroxylation is 1. The lowest BCUT2D eigenvalue weighted by molar-refractivity contribution is -0.116. The highest BCUT2D eigenvalue weighted by molar-refractivity contribution is 7.88. The smallest absolute Gasteiger partial charge is 0.224 e. The van der Waals surface area contributed by atoms with E-state index in [1.54, 1.807) is 0 Å². The fourth-order valence-corrected chi connectivity index (χ4v) is 3.69. The summed E-state index contributed by atoms with van der Waals surface area (Å²) in [6.45, 7) is 3.14. The summed E-state index contributed by atoms with van der Waals surface area (Å²) in [5, 5.41) is 2.91. The van der Waals surface area contributed by atoms with Crippen LogP contribution in [-0.2, 0) is 14.8 Å². The van der Waals surface area contributed by atoms with Crippen molar-refractivity contribution >= 4 is 21.6 Å².